The van der Waals surface area contributed by atoms with E-state index in [9.17, 15) is 39.5 Å². The molecule has 14 nitrogen and oxygen atoms in total. The van der Waals surface area contributed by atoms with Gasteiger partial charge in [-0.15, -0.1) is 0 Å². The van der Waals surface area contributed by atoms with Gasteiger partial charge in [0.15, 0.2) is 11.5 Å². The lowest BCUT2D eigenvalue weighted by molar-refractivity contribution is -0.193. The second-order valence-electron chi connectivity index (χ2n) is 12.1. The summed E-state index contributed by atoms with van der Waals surface area (Å²) in [4.78, 5) is 52.9. The van der Waals surface area contributed by atoms with Crippen LogP contribution in [-0.4, -0.2) is 114 Å². The molecule has 1 unspecified atom stereocenters. The van der Waals surface area contributed by atoms with Gasteiger partial charge in [0.05, 0.1) is 28.6 Å². The lowest BCUT2D eigenvalue weighted by Crippen LogP contribution is -2.47. The highest BCUT2D eigenvalue weighted by atomic mass is 35.5. The fraction of sp³-hybridized carbons (Fsp3) is 0.469. The first kappa shape index (κ1) is 45.2. The summed E-state index contributed by atoms with van der Waals surface area (Å²) >= 11 is 6.79. The molecule has 0 radical (unpaired) electrons. The van der Waals surface area contributed by atoms with E-state index in [-0.39, 0.29) is 6.04 Å². The average molecular weight is 833 g/mol. The predicted octanol–water partition coefficient (Wildman–Crippen LogP) is 7.08. The minimum Gasteiger partial charge on any atom is -0.475 e. The van der Waals surface area contributed by atoms with Crippen LogP contribution < -0.4 is 10.2 Å². The number of aromatic nitrogens is 5. The van der Waals surface area contributed by atoms with Crippen LogP contribution in [0.1, 0.15) is 50.6 Å². The van der Waals surface area contributed by atoms with Crippen molar-refractivity contribution in [1.29, 1.82) is 0 Å². The van der Waals surface area contributed by atoms with Crippen molar-refractivity contribution in [3.63, 3.8) is 0 Å². The van der Waals surface area contributed by atoms with E-state index in [4.69, 9.17) is 46.3 Å². The molecule has 308 valence electrons. The molecule has 5 heterocycles. The number of aliphatic carboxylic acids is 3. The van der Waals surface area contributed by atoms with Crippen molar-refractivity contribution in [2.45, 2.75) is 69.6 Å². The van der Waals surface area contributed by atoms with Crippen molar-refractivity contribution >= 4 is 63.1 Å². The summed E-state index contributed by atoms with van der Waals surface area (Å²) in [5.41, 5.74) is 4.72. The first-order valence-corrected chi connectivity index (χ1v) is 16.8. The number of benzene rings is 1. The van der Waals surface area contributed by atoms with Gasteiger partial charge in [-0.2, -0.15) is 39.5 Å². The first-order chi connectivity index (χ1) is 26.0. The Morgan fingerprint density at radius 1 is 0.839 bits per heavy atom. The number of anilines is 2. The predicted molar refractivity (Wildman–Crippen MR) is 182 cm³/mol. The Morgan fingerprint density at radius 2 is 1.38 bits per heavy atom. The molecule has 0 saturated carbocycles. The van der Waals surface area contributed by atoms with Gasteiger partial charge in [-0.1, -0.05) is 18.0 Å². The molecule has 6 rings (SSSR count). The number of piperidine rings is 2. The summed E-state index contributed by atoms with van der Waals surface area (Å²) in [7, 11) is 0. The van der Waals surface area contributed by atoms with Gasteiger partial charge < -0.3 is 35.4 Å². The summed E-state index contributed by atoms with van der Waals surface area (Å²) in [6.45, 7) is 6.69. The minimum absolute atomic E-state index is 0.0462. The highest BCUT2D eigenvalue weighted by molar-refractivity contribution is 6.36. The number of nitrogens with one attached hydrogen (secondary N) is 2. The van der Waals surface area contributed by atoms with E-state index in [2.05, 4.69) is 54.1 Å². The van der Waals surface area contributed by atoms with Crippen molar-refractivity contribution in [2.24, 2.45) is 0 Å². The van der Waals surface area contributed by atoms with Gasteiger partial charge in [0.1, 0.15) is 11.8 Å². The normalized spacial score (nSPS) is 16.0. The SMILES string of the molecule is CC(Nc1ncnc2nc[nH]c12)c1cc(Cl)c2cccnc2c1N1CCC(N2CCCCC2)CC1.O=C(O)C(F)(F)F.O=C(O)C(F)(F)F.O=C(O)C(F)(F)F. The number of carboxylic acid groups (broad SMARTS) is 3. The number of carbonyl (C=O) groups is 3. The van der Waals surface area contributed by atoms with E-state index < -0.39 is 36.4 Å². The van der Waals surface area contributed by atoms with Crippen molar-refractivity contribution in [1.82, 2.24) is 29.8 Å². The molecule has 2 aliphatic rings. The van der Waals surface area contributed by atoms with Gasteiger partial charge in [0.25, 0.3) is 0 Å². The number of pyridine rings is 1. The average Bonchev–Trinajstić information content (AvgIpc) is 3.62. The lowest BCUT2D eigenvalue weighted by atomic mass is 9.96. The molecule has 24 heteroatoms. The molecule has 1 aromatic carbocycles. The van der Waals surface area contributed by atoms with Crippen molar-refractivity contribution in [2.75, 3.05) is 36.4 Å². The molecule has 0 spiro atoms. The van der Waals surface area contributed by atoms with Crippen LogP contribution in [-0.2, 0) is 14.4 Å². The molecule has 0 bridgehead atoms. The highest BCUT2D eigenvalue weighted by Gasteiger charge is 2.39. The number of hydrogen-bond donors (Lipinski definition) is 5. The second kappa shape index (κ2) is 19.1. The molecule has 56 heavy (non-hydrogen) atoms. The number of H-pyrrole nitrogens is 1. The van der Waals surface area contributed by atoms with Gasteiger partial charge in [0, 0.05) is 36.3 Å². The Balaban J connectivity index is 0.000000329. The van der Waals surface area contributed by atoms with Crippen LogP contribution in [0.2, 0.25) is 5.02 Å². The van der Waals surface area contributed by atoms with Crippen LogP contribution >= 0.6 is 11.6 Å². The van der Waals surface area contributed by atoms with Crippen LogP contribution in [0.4, 0.5) is 51.0 Å². The molecule has 2 aliphatic heterocycles. The molecule has 2 fully saturated rings. The Labute approximate surface area is 315 Å². The Kier molecular flexibility index (Phi) is 15.4. The number of nitrogens with zero attached hydrogens (tertiary/aromatic N) is 6. The number of fused-ring (bicyclic) bond motifs is 2. The summed E-state index contributed by atoms with van der Waals surface area (Å²) in [5.74, 6) is -7.54. The van der Waals surface area contributed by atoms with E-state index in [0.717, 1.165) is 45.9 Å². The molecule has 4 aromatic rings. The van der Waals surface area contributed by atoms with Gasteiger partial charge in [-0.05, 0) is 63.9 Å². The van der Waals surface area contributed by atoms with Crippen LogP contribution in [0.15, 0.2) is 37.1 Å². The van der Waals surface area contributed by atoms with Gasteiger partial charge in [-0.3, -0.25) is 4.98 Å². The Hall–Kier alpha value is -5.19. The van der Waals surface area contributed by atoms with Crippen LogP contribution in [0.5, 0.6) is 0 Å². The van der Waals surface area contributed by atoms with Gasteiger partial charge in [0.2, 0.25) is 0 Å². The zero-order valence-electron chi connectivity index (χ0n) is 29.0. The topological polar surface area (TPSA) is 198 Å². The maximum atomic E-state index is 10.6. The number of hydrogen-bond acceptors (Lipinski definition) is 10. The number of halogens is 10. The summed E-state index contributed by atoms with van der Waals surface area (Å²) in [6, 6.07) is 6.76. The van der Waals surface area contributed by atoms with E-state index in [1.54, 1.807) is 12.7 Å². The summed E-state index contributed by atoms with van der Waals surface area (Å²) < 4.78 is 95.2. The zero-order chi connectivity index (χ0) is 42.0. The second-order valence-corrected chi connectivity index (χ2v) is 12.5. The largest absolute Gasteiger partial charge is 0.490 e. The fourth-order valence-corrected chi connectivity index (χ4v) is 6.03. The Bertz CT molecular complexity index is 1890. The van der Waals surface area contributed by atoms with Crippen LogP contribution in [0.25, 0.3) is 22.1 Å². The van der Waals surface area contributed by atoms with E-state index in [1.807, 2.05) is 12.3 Å². The number of imidazole rings is 1. The molecule has 2 saturated heterocycles. The zero-order valence-corrected chi connectivity index (χ0v) is 29.8. The lowest BCUT2D eigenvalue weighted by Gasteiger charge is -2.42. The molecular formula is C32H34ClF9N8O6. The Morgan fingerprint density at radius 3 is 1.89 bits per heavy atom. The number of alkyl halides is 9. The third-order valence-electron chi connectivity index (χ3n) is 8.30. The number of aromatic amines is 1. The standard InChI is InChI=1S/C26H31ClN8.3C2HF3O2/c1-17(33-26-23-25(30-15-29-23)31-16-32-26)20-14-21(27)19-6-5-9-28-22(19)24(20)35-12-7-18(8-13-35)34-10-3-2-4-11-34;3*3-2(4,5)1(6)7/h5-6,9,14-18H,2-4,7-8,10-13H2,1H3,(H2,29,30,31,32,33);3*(H,6,7). The molecule has 0 aliphatic carbocycles. The van der Waals surface area contributed by atoms with Gasteiger partial charge in [-0.25, -0.2) is 29.3 Å². The third-order valence-corrected chi connectivity index (χ3v) is 8.62. The number of rotatable bonds is 5. The van der Waals surface area contributed by atoms with Crippen molar-refractivity contribution in [3.8, 4) is 0 Å². The van der Waals surface area contributed by atoms with E-state index in [0.29, 0.717) is 11.7 Å². The van der Waals surface area contributed by atoms with Gasteiger partial charge >= 0.3 is 36.4 Å². The maximum absolute atomic E-state index is 10.6. The molecule has 0 amide bonds. The van der Waals surface area contributed by atoms with Crippen LogP contribution in [0.3, 0.4) is 0 Å². The highest BCUT2D eigenvalue weighted by Crippen LogP contribution is 2.40. The molecule has 1 atom stereocenters. The van der Waals surface area contributed by atoms with Crippen molar-refractivity contribution < 1.29 is 69.2 Å². The van der Waals surface area contributed by atoms with E-state index >= 15 is 0 Å². The maximum Gasteiger partial charge on any atom is 0.490 e. The first-order valence-electron chi connectivity index (χ1n) is 16.4. The fourth-order valence-electron chi connectivity index (χ4n) is 5.76. The molecule has 5 N–H and O–H groups in total. The number of carboxylic acids is 3. The monoisotopic (exact) mass is 832 g/mol. The third kappa shape index (κ3) is 12.7. The van der Waals surface area contributed by atoms with E-state index in [1.165, 1.54) is 50.9 Å². The quantitative estimate of drug-likeness (QED) is 0.128. The minimum atomic E-state index is -5.08. The summed E-state index contributed by atoms with van der Waals surface area (Å²) in [5, 5.41) is 26.7. The molecule has 3 aromatic heterocycles. The number of likely N-dealkylation sites (tertiary alicyclic amines) is 1. The van der Waals surface area contributed by atoms with Crippen molar-refractivity contribution in [3.05, 3.63) is 47.6 Å². The van der Waals surface area contributed by atoms with Crippen LogP contribution in [0, 0.1) is 0 Å². The molecular weight excluding hydrogens is 799 g/mol. The smallest absolute Gasteiger partial charge is 0.475 e. The summed E-state index contributed by atoms with van der Waals surface area (Å²) in [6.07, 6.45) is -3.79.